The first-order chi connectivity index (χ1) is 21.2. The maximum absolute atomic E-state index is 13.5. The average molecular weight is 654 g/mol. The van der Waals surface area contributed by atoms with Crippen molar-refractivity contribution in [3.8, 4) is 5.88 Å². The minimum atomic E-state index is -4.68. The van der Waals surface area contributed by atoms with Crippen molar-refractivity contribution in [2.24, 2.45) is 0 Å². The van der Waals surface area contributed by atoms with E-state index in [4.69, 9.17) is 14.2 Å². The number of nitrogens with one attached hydrogen (secondary N) is 1. The number of piperidine rings is 1. The van der Waals surface area contributed by atoms with Crippen LogP contribution in [-0.2, 0) is 25.7 Å². The van der Waals surface area contributed by atoms with Gasteiger partial charge < -0.3 is 24.4 Å². The summed E-state index contributed by atoms with van der Waals surface area (Å²) >= 11 is 0. The van der Waals surface area contributed by atoms with Crippen molar-refractivity contribution in [3.05, 3.63) is 47.7 Å². The van der Waals surface area contributed by atoms with Gasteiger partial charge in [-0.15, -0.1) is 0 Å². The minimum absolute atomic E-state index is 0.0138. The van der Waals surface area contributed by atoms with Gasteiger partial charge in [0.2, 0.25) is 21.9 Å². The number of sulfonamides is 1. The number of ether oxygens (including phenoxy) is 3. The molecule has 0 spiro atoms. The lowest BCUT2D eigenvalue weighted by Gasteiger charge is -2.32. The molecule has 45 heavy (non-hydrogen) atoms. The zero-order valence-electron chi connectivity index (χ0n) is 25.5. The molecule has 3 aliphatic rings. The third-order valence-corrected chi connectivity index (χ3v) is 9.65. The average Bonchev–Trinajstić information content (AvgIpc) is 3.49. The zero-order valence-corrected chi connectivity index (χ0v) is 26.3. The number of amides is 1. The molecule has 2 saturated heterocycles. The molecule has 2 aromatic rings. The highest BCUT2D eigenvalue weighted by Crippen LogP contribution is 2.36. The molecule has 3 aliphatic heterocycles. The van der Waals surface area contributed by atoms with Crippen LogP contribution in [0.1, 0.15) is 57.6 Å². The number of alkyl halides is 3. The Hall–Kier alpha value is -3.43. The van der Waals surface area contributed by atoms with Crippen LogP contribution < -0.4 is 10.1 Å². The molecular weight excluding hydrogens is 615 g/mol. The summed E-state index contributed by atoms with van der Waals surface area (Å²) in [5.74, 6) is -0.566. The van der Waals surface area contributed by atoms with Gasteiger partial charge in [-0.1, -0.05) is 18.2 Å². The molecule has 1 atom stereocenters. The van der Waals surface area contributed by atoms with Crippen LogP contribution in [0.2, 0.25) is 0 Å². The van der Waals surface area contributed by atoms with Crippen molar-refractivity contribution >= 4 is 27.6 Å². The quantitative estimate of drug-likeness (QED) is 0.442. The van der Waals surface area contributed by atoms with Crippen LogP contribution in [0.3, 0.4) is 0 Å². The number of benzene rings is 1. The summed E-state index contributed by atoms with van der Waals surface area (Å²) in [6, 6.07) is 6.48. The maximum atomic E-state index is 13.5. The molecule has 2 fully saturated rings. The monoisotopic (exact) mass is 653 g/mol. The van der Waals surface area contributed by atoms with Crippen LogP contribution in [0.4, 0.5) is 23.9 Å². The lowest BCUT2D eigenvalue weighted by atomic mass is 10.00. The Bertz CT molecular complexity index is 1500. The number of hydrogen-bond donors (Lipinski definition) is 1. The van der Waals surface area contributed by atoms with Gasteiger partial charge in [0.05, 0.1) is 18.1 Å². The Labute approximate surface area is 260 Å². The van der Waals surface area contributed by atoms with Crippen LogP contribution in [0, 0.1) is 0 Å². The van der Waals surface area contributed by atoms with Crippen molar-refractivity contribution in [2.45, 2.75) is 75.3 Å². The molecule has 1 amide bonds. The van der Waals surface area contributed by atoms with E-state index in [9.17, 15) is 26.4 Å². The SMILES string of the molecule is CC(C)(C)OC(=O)N1CC=C(c2ccc(S(=O)(=O)N3CCC(Nc4ncc(C(F)(F)F)c(O[C@H]5CCOC5)n4)CC3)cc2)CC1. The maximum Gasteiger partial charge on any atom is 0.423 e. The second kappa shape index (κ2) is 13.1. The van der Waals surface area contributed by atoms with Crippen LogP contribution in [0.25, 0.3) is 5.57 Å². The highest BCUT2D eigenvalue weighted by molar-refractivity contribution is 7.89. The van der Waals surface area contributed by atoms with E-state index in [1.165, 1.54) is 4.31 Å². The summed E-state index contributed by atoms with van der Waals surface area (Å²) in [6.07, 6.45) is -1.00. The van der Waals surface area contributed by atoms with Crippen molar-refractivity contribution in [3.63, 3.8) is 0 Å². The van der Waals surface area contributed by atoms with E-state index in [2.05, 4.69) is 15.3 Å². The van der Waals surface area contributed by atoms with Gasteiger partial charge in [-0.3, -0.25) is 0 Å². The van der Waals surface area contributed by atoms with E-state index in [1.807, 2.05) is 26.8 Å². The predicted molar refractivity (Wildman–Crippen MR) is 159 cm³/mol. The molecule has 4 heterocycles. The number of nitrogens with zero attached hydrogens (tertiary/aromatic N) is 4. The first-order valence-electron chi connectivity index (χ1n) is 14.9. The summed E-state index contributed by atoms with van der Waals surface area (Å²) in [6.45, 7) is 7.41. The Kier molecular flexibility index (Phi) is 9.61. The Balaban J connectivity index is 1.17. The van der Waals surface area contributed by atoms with Crippen molar-refractivity contribution in [1.82, 2.24) is 19.2 Å². The van der Waals surface area contributed by atoms with Gasteiger partial charge in [0, 0.05) is 44.8 Å². The van der Waals surface area contributed by atoms with Crippen LogP contribution in [-0.4, -0.2) is 90.8 Å². The second-order valence-corrected chi connectivity index (χ2v) is 14.2. The van der Waals surface area contributed by atoms with E-state index in [0.717, 1.165) is 11.1 Å². The summed E-state index contributed by atoms with van der Waals surface area (Å²) in [4.78, 5) is 22.0. The van der Waals surface area contributed by atoms with Crippen LogP contribution in [0.15, 0.2) is 41.4 Å². The molecule has 246 valence electrons. The second-order valence-electron chi connectivity index (χ2n) is 12.3. The van der Waals surface area contributed by atoms with Gasteiger partial charge >= 0.3 is 12.3 Å². The van der Waals surface area contributed by atoms with Gasteiger partial charge in [0.15, 0.2) is 0 Å². The van der Waals surface area contributed by atoms with Crippen molar-refractivity contribution < 1.29 is 40.6 Å². The zero-order chi connectivity index (χ0) is 32.4. The molecule has 0 unspecified atom stereocenters. The van der Waals surface area contributed by atoms with E-state index in [-0.39, 0.29) is 42.7 Å². The normalized spacial score (nSPS) is 20.5. The first kappa shape index (κ1) is 32.9. The van der Waals surface area contributed by atoms with Gasteiger partial charge in [-0.25, -0.2) is 18.2 Å². The number of anilines is 1. The standard InChI is InChI=1S/C30H38F3N5O6S/c1-29(2,3)44-28(39)37-13-8-21(9-14-37)20-4-6-24(7-5-20)45(40,41)38-15-10-22(11-16-38)35-27-34-18-25(30(31,32)33)26(36-27)43-23-12-17-42-19-23/h4-8,18,22-23H,9-17,19H2,1-3H3,(H,34,35,36)/t23-/m0/s1. The third-order valence-electron chi connectivity index (χ3n) is 7.74. The summed E-state index contributed by atoms with van der Waals surface area (Å²) < 4.78 is 84.9. The molecule has 0 aliphatic carbocycles. The molecule has 0 bridgehead atoms. The molecule has 1 aromatic carbocycles. The highest BCUT2D eigenvalue weighted by Gasteiger charge is 2.38. The summed E-state index contributed by atoms with van der Waals surface area (Å²) in [7, 11) is -3.76. The number of carbonyl (C=O) groups excluding carboxylic acids is 1. The van der Waals surface area contributed by atoms with Gasteiger partial charge in [0.25, 0.3) is 0 Å². The molecule has 1 aromatic heterocycles. The number of aromatic nitrogens is 2. The molecule has 15 heteroatoms. The van der Waals surface area contributed by atoms with E-state index in [1.54, 1.807) is 29.2 Å². The van der Waals surface area contributed by atoms with Gasteiger partial charge in [0.1, 0.15) is 17.3 Å². The lowest BCUT2D eigenvalue weighted by molar-refractivity contribution is -0.139. The molecule has 1 N–H and O–H groups in total. The Morgan fingerprint density at radius 1 is 1.07 bits per heavy atom. The smallest absolute Gasteiger partial charge is 0.423 e. The molecular formula is C30H38F3N5O6S. The van der Waals surface area contributed by atoms with Crippen LogP contribution >= 0.6 is 0 Å². The Morgan fingerprint density at radius 3 is 2.36 bits per heavy atom. The van der Waals surface area contributed by atoms with Crippen LogP contribution in [0.5, 0.6) is 5.88 Å². The van der Waals surface area contributed by atoms with Gasteiger partial charge in [-0.2, -0.15) is 22.5 Å². The highest BCUT2D eigenvalue weighted by atomic mass is 32.2. The minimum Gasteiger partial charge on any atom is -0.471 e. The van der Waals surface area contributed by atoms with E-state index >= 15 is 0 Å². The van der Waals surface area contributed by atoms with E-state index < -0.39 is 39.3 Å². The predicted octanol–water partition coefficient (Wildman–Crippen LogP) is 4.95. The number of halogens is 3. The fourth-order valence-electron chi connectivity index (χ4n) is 5.32. The Morgan fingerprint density at radius 2 is 1.78 bits per heavy atom. The van der Waals surface area contributed by atoms with Crippen molar-refractivity contribution in [1.29, 1.82) is 0 Å². The number of hydrogen-bond acceptors (Lipinski definition) is 9. The first-order valence-corrected chi connectivity index (χ1v) is 16.4. The molecule has 5 rings (SSSR count). The largest absolute Gasteiger partial charge is 0.471 e. The van der Waals surface area contributed by atoms with Gasteiger partial charge in [-0.05, 0) is 63.3 Å². The molecule has 11 nitrogen and oxygen atoms in total. The topological polar surface area (TPSA) is 123 Å². The fourth-order valence-corrected chi connectivity index (χ4v) is 6.79. The summed E-state index contributed by atoms with van der Waals surface area (Å²) in [5, 5.41) is 3.04. The fraction of sp³-hybridized carbons (Fsp3) is 0.567. The third kappa shape index (κ3) is 8.24. The molecule has 0 saturated carbocycles. The summed E-state index contributed by atoms with van der Waals surface area (Å²) in [5.41, 5.74) is 0.288. The molecule has 0 radical (unpaired) electrons. The van der Waals surface area contributed by atoms with E-state index in [0.29, 0.717) is 51.6 Å². The van der Waals surface area contributed by atoms with Crippen molar-refractivity contribution in [2.75, 3.05) is 44.7 Å². The lowest BCUT2D eigenvalue weighted by Crippen LogP contribution is -2.42. The number of rotatable bonds is 7. The number of carbonyl (C=O) groups is 1.